The van der Waals surface area contributed by atoms with Crippen molar-refractivity contribution in [2.45, 2.75) is 51.2 Å². The van der Waals surface area contributed by atoms with Crippen molar-refractivity contribution in [3.63, 3.8) is 0 Å². The van der Waals surface area contributed by atoms with Gasteiger partial charge in [0.25, 0.3) is 11.6 Å². The predicted molar refractivity (Wildman–Crippen MR) is 124 cm³/mol. The molecule has 2 fully saturated rings. The van der Waals surface area contributed by atoms with E-state index in [0.717, 1.165) is 24.6 Å². The molecule has 0 spiro atoms. The average Bonchev–Trinajstić information content (AvgIpc) is 3.60. The second-order valence-electron chi connectivity index (χ2n) is 9.39. The van der Waals surface area contributed by atoms with Gasteiger partial charge < -0.3 is 19.5 Å². The van der Waals surface area contributed by atoms with Crippen molar-refractivity contribution in [3.05, 3.63) is 52.3 Å². The number of halogens is 3. The third-order valence-corrected chi connectivity index (χ3v) is 6.49. The number of amides is 1. The van der Waals surface area contributed by atoms with Gasteiger partial charge in [0.15, 0.2) is 0 Å². The molecule has 7 nitrogen and oxygen atoms in total. The SMILES string of the molecule is CC(C)c1noc2nc(C3CC3)cc(C(=O)NCc3ccc(N4CCOCC4)cc3C(F)(F)F)c12. The predicted octanol–water partition coefficient (Wildman–Crippen LogP) is 5.01. The van der Waals surface area contributed by atoms with E-state index in [1.54, 1.807) is 12.1 Å². The molecule has 3 aromatic rings. The number of nitrogens with zero attached hydrogens (tertiary/aromatic N) is 3. The van der Waals surface area contributed by atoms with Crippen LogP contribution in [-0.2, 0) is 17.5 Å². The Morgan fingerprint density at radius 3 is 2.60 bits per heavy atom. The third kappa shape index (κ3) is 4.84. The first kappa shape index (κ1) is 23.6. The first-order chi connectivity index (χ1) is 16.7. The van der Waals surface area contributed by atoms with Crippen molar-refractivity contribution in [2.24, 2.45) is 0 Å². The number of pyridine rings is 1. The summed E-state index contributed by atoms with van der Waals surface area (Å²) in [5.74, 6) is -0.223. The number of hydrogen-bond acceptors (Lipinski definition) is 6. The van der Waals surface area contributed by atoms with Gasteiger partial charge in [0, 0.05) is 36.9 Å². The molecule has 35 heavy (non-hydrogen) atoms. The van der Waals surface area contributed by atoms with Crippen LogP contribution in [0.25, 0.3) is 11.1 Å². The van der Waals surface area contributed by atoms with Gasteiger partial charge in [-0.15, -0.1) is 0 Å². The van der Waals surface area contributed by atoms with E-state index in [2.05, 4.69) is 15.5 Å². The topological polar surface area (TPSA) is 80.5 Å². The highest BCUT2D eigenvalue weighted by atomic mass is 19.4. The number of benzene rings is 1. The molecule has 1 aliphatic heterocycles. The smallest absolute Gasteiger partial charge is 0.378 e. The summed E-state index contributed by atoms with van der Waals surface area (Å²) in [4.78, 5) is 19.7. The van der Waals surface area contributed by atoms with Crippen LogP contribution in [-0.4, -0.2) is 42.4 Å². The van der Waals surface area contributed by atoms with E-state index >= 15 is 0 Å². The zero-order chi connectivity index (χ0) is 24.7. The van der Waals surface area contributed by atoms with Crippen molar-refractivity contribution in [1.29, 1.82) is 0 Å². The van der Waals surface area contributed by atoms with E-state index in [-0.39, 0.29) is 29.7 Å². The minimum atomic E-state index is -4.55. The fraction of sp³-hybridized carbons (Fsp3) is 0.480. The Labute approximate surface area is 200 Å². The zero-order valence-corrected chi connectivity index (χ0v) is 19.6. The summed E-state index contributed by atoms with van der Waals surface area (Å²) in [5.41, 5.74) is 1.71. The molecule has 2 aromatic heterocycles. The number of rotatable bonds is 6. The van der Waals surface area contributed by atoms with E-state index < -0.39 is 17.6 Å². The number of carbonyl (C=O) groups is 1. The zero-order valence-electron chi connectivity index (χ0n) is 19.6. The van der Waals surface area contributed by atoms with Gasteiger partial charge in [0.2, 0.25) is 0 Å². The molecule has 1 saturated carbocycles. The Morgan fingerprint density at radius 1 is 1.20 bits per heavy atom. The summed E-state index contributed by atoms with van der Waals surface area (Å²) in [7, 11) is 0. The largest absolute Gasteiger partial charge is 0.416 e. The molecular formula is C25H27F3N4O3. The molecular weight excluding hydrogens is 461 g/mol. The van der Waals surface area contributed by atoms with Gasteiger partial charge >= 0.3 is 6.18 Å². The number of carbonyl (C=O) groups excluding carboxylic acids is 1. The summed E-state index contributed by atoms with van der Waals surface area (Å²) < 4.78 is 52.5. The lowest BCUT2D eigenvalue weighted by Crippen LogP contribution is -2.36. The Balaban J connectivity index is 1.43. The van der Waals surface area contributed by atoms with Crippen LogP contribution in [0.15, 0.2) is 28.8 Å². The van der Waals surface area contributed by atoms with Gasteiger partial charge in [0.1, 0.15) is 0 Å². The maximum absolute atomic E-state index is 13.9. The molecule has 1 saturated heterocycles. The summed E-state index contributed by atoms with van der Waals surface area (Å²) >= 11 is 0. The highest BCUT2D eigenvalue weighted by Gasteiger charge is 2.34. The molecule has 0 atom stereocenters. The molecule has 0 bridgehead atoms. The number of fused-ring (bicyclic) bond motifs is 1. The Bertz CT molecular complexity index is 1240. The molecule has 5 rings (SSSR count). The average molecular weight is 489 g/mol. The van der Waals surface area contributed by atoms with Gasteiger partial charge in [-0.3, -0.25) is 4.79 Å². The molecule has 1 N–H and O–H groups in total. The van der Waals surface area contributed by atoms with Crippen molar-refractivity contribution < 1.29 is 27.2 Å². The van der Waals surface area contributed by atoms with Gasteiger partial charge in [-0.2, -0.15) is 13.2 Å². The van der Waals surface area contributed by atoms with Crippen LogP contribution in [0.5, 0.6) is 0 Å². The maximum atomic E-state index is 13.9. The number of aromatic nitrogens is 2. The lowest BCUT2D eigenvalue weighted by molar-refractivity contribution is -0.138. The minimum absolute atomic E-state index is 0.00461. The monoisotopic (exact) mass is 488 g/mol. The Morgan fingerprint density at radius 2 is 1.94 bits per heavy atom. The molecule has 186 valence electrons. The van der Waals surface area contributed by atoms with Crippen molar-refractivity contribution in [2.75, 3.05) is 31.2 Å². The van der Waals surface area contributed by atoms with Gasteiger partial charge in [-0.05, 0) is 42.5 Å². The Kier molecular flexibility index (Phi) is 6.16. The van der Waals surface area contributed by atoms with Crippen LogP contribution in [0.3, 0.4) is 0 Å². The molecule has 0 unspecified atom stereocenters. The highest BCUT2D eigenvalue weighted by molar-refractivity contribution is 6.06. The summed E-state index contributed by atoms with van der Waals surface area (Å²) in [6.45, 7) is 5.62. The van der Waals surface area contributed by atoms with Crippen molar-refractivity contribution in [1.82, 2.24) is 15.5 Å². The van der Waals surface area contributed by atoms with E-state index in [1.807, 2.05) is 18.7 Å². The number of anilines is 1. The van der Waals surface area contributed by atoms with Gasteiger partial charge in [0.05, 0.1) is 35.4 Å². The minimum Gasteiger partial charge on any atom is -0.378 e. The van der Waals surface area contributed by atoms with Crippen molar-refractivity contribution in [3.8, 4) is 0 Å². The van der Waals surface area contributed by atoms with E-state index in [0.29, 0.717) is 48.6 Å². The van der Waals surface area contributed by atoms with Gasteiger partial charge in [-0.25, -0.2) is 4.98 Å². The van der Waals surface area contributed by atoms with Crippen LogP contribution in [0.1, 0.15) is 71.4 Å². The summed E-state index contributed by atoms with van der Waals surface area (Å²) in [6.07, 6.45) is -2.59. The number of ether oxygens (including phenoxy) is 1. The molecule has 2 aliphatic rings. The maximum Gasteiger partial charge on any atom is 0.416 e. The molecule has 10 heteroatoms. The Hall–Kier alpha value is -3.14. The summed E-state index contributed by atoms with van der Waals surface area (Å²) in [6, 6.07) is 5.98. The second kappa shape index (κ2) is 9.14. The molecule has 3 heterocycles. The van der Waals surface area contributed by atoms with Crippen LogP contribution in [0.4, 0.5) is 18.9 Å². The molecule has 1 aliphatic carbocycles. The fourth-order valence-corrected chi connectivity index (χ4v) is 4.43. The summed E-state index contributed by atoms with van der Waals surface area (Å²) in [5, 5.41) is 7.30. The van der Waals surface area contributed by atoms with E-state index in [4.69, 9.17) is 9.26 Å². The van der Waals surface area contributed by atoms with E-state index in [9.17, 15) is 18.0 Å². The lowest BCUT2D eigenvalue weighted by Gasteiger charge is -2.29. The lowest BCUT2D eigenvalue weighted by atomic mass is 10.0. The van der Waals surface area contributed by atoms with Crippen LogP contribution >= 0.6 is 0 Å². The van der Waals surface area contributed by atoms with Crippen LogP contribution in [0, 0.1) is 0 Å². The highest BCUT2D eigenvalue weighted by Crippen LogP contribution is 2.41. The number of hydrogen-bond donors (Lipinski definition) is 1. The van der Waals surface area contributed by atoms with Crippen LogP contribution in [0.2, 0.25) is 0 Å². The molecule has 1 aromatic carbocycles. The fourth-order valence-electron chi connectivity index (χ4n) is 4.43. The second-order valence-corrected chi connectivity index (χ2v) is 9.39. The molecule has 0 radical (unpaired) electrons. The number of nitrogens with one attached hydrogen (secondary N) is 1. The normalized spacial score (nSPS) is 16.8. The first-order valence-corrected chi connectivity index (χ1v) is 11.8. The third-order valence-electron chi connectivity index (χ3n) is 6.49. The standard InChI is InChI=1S/C25H27F3N4O3/c1-14(2)22-21-18(12-20(15-3-4-15)30-24(21)35-31-22)23(33)29-13-16-5-6-17(11-19(16)25(26,27)28)32-7-9-34-10-8-32/h5-6,11-12,14-15H,3-4,7-10,13H2,1-2H3,(H,29,33). The number of alkyl halides is 3. The van der Waals surface area contributed by atoms with E-state index in [1.165, 1.54) is 6.07 Å². The van der Waals surface area contributed by atoms with Crippen molar-refractivity contribution >= 4 is 22.7 Å². The molecule has 1 amide bonds. The quantitative estimate of drug-likeness (QED) is 0.526. The first-order valence-electron chi connectivity index (χ1n) is 11.8. The van der Waals surface area contributed by atoms with Crippen LogP contribution < -0.4 is 10.2 Å². The van der Waals surface area contributed by atoms with Gasteiger partial charge in [-0.1, -0.05) is 25.1 Å². The number of morpholine rings is 1.